The molecular formula is C19H27N5. The van der Waals surface area contributed by atoms with E-state index in [1.165, 1.54) is 24.0 Å². The molecule has 0 aliphatic heterocycles. The Morgan fingerprint density at radius 3 is 2.38 bits per heavy atom. The molecule has 0 atom stereocenters. The lowest BCUT2D eigenvalue weighted by atomic mass is 10.1. The molecule has 2 aromatic rings. The number of aromatic nitrogens is 2. The predicted molar refractivity (Wildman–Crippen MR) is 100 cm³/mol. The summed E-state index contributed by atoms with van der Waals surface area (Å²) in [5, 5.41) is 6.79. The molecule has 0 unspecified atom stereocenters. The Labute approximate surface area is 144 Å². The van der Waals surface area contributed by atoms with Gasteiger partial charge in [0.15, 0.2) is 0 Å². The summed E-state index contributed by atoms with van der Waals surface area (Å²) in [5.41, 5.74) is 4.72. The van der Waals surface area contributed by atoms with Crippen molar-refractivity contribution in [2.75, 3.05) is 37.8 Å². The van der Waals surface area contributed by atoms with Crippen molar-refractivity contribution >= 4 is 17.5 Å². The molecule has 5 heteroatoms. The van der Waals surface area contributed by atoms with Crippen molar-refractivity contribution in [2.24, 2.45) is 0 Å². The maximum Gasteiger partial charge on any atom is 0.224 e. The molecule has 1 aromatic heterocycles. The summed E-state index contributed by atoms with van der Waals surface area (Å²) >= 11 is 0. The largest absolute Gasteiger partial charge is 0.353 e. The monoisotopic (exact) mass is 325 g/mol. The van der Waals surface area contributed by atoms with Crippen LogP contribution in [0.3, 0.4) is 0 Å². The van der Waals surface area contributed by atoms with Gasteiger partial charge >= 0.3 is 0 Å². The lowest BCUT2D eigenvalue weighted by Crippen LogP contribution is -2.21. The lowest BCUT2D eigenvalue weighted by Gasteiger charge is -2.13. The molecule has 1 heterocycles. The second-order valence-electron chi connectivity index (χ2n) is 7.01. The Morgan fingerprint density at radius 1 is 1.04 bits per heavy atom. The van der Waals surface area contributed by atoms with E-state index in [9.17, 15) is 0 Å². The third-order valence-corrected chi connectivity index (χ3v) is 4.08. The fraction of sp³-hybridized carbons (Fsp3) is 0.474. The van der Waals surface area contributed by atoms with Gasteiger partial charge in [0.1, 0.15) is 5.82 Å². The number of hydrogen-bond acceptors (Lipinski definition) is 5. The van der Waals surface area contributed by atoms with Gasteiger partial charge in [0, 0.05) is 30.8 Å². The molecule has 2 N–H and O–H groups in total. The number of rotatable bonds is 7. The van der Waals surface area contributed by atoms with E-state index in [1.807, 2.05) is 0 Å². The Kier molecular flexibility index (Phi) is 5.00. The van der Waals surface area contributed by atoms with Crippen LogP contribution in [0.1, 0.15) is 35.6 Å². The van der Waals surface area contributed by atoms with E-state index in [1.54, 1.807) is 0 Å². The summed E-state index contributed by atoms with van der Waals surface area (Å²) in [5.74, 6) is 2.18. The van der Waals surface area contributed by atoms with Crippen molar-refractivity contribution in [3.05, 3.63) is 41.1 Å². The smallest absolute Gasteiger partial charge is 0.224 e. The van der Waals surface area contributed by atoms with Crippen LogP contribution >= 0.6 is 0 Å². The van der Waals surface area contributed by atoms with Gasteiger partial charge in [-0.3, -0.25) is 0 Å². The van der Waals surface area contributed by atoms with Crippen LogP contribution < -0.4 is 10.6 Å². The quantitative estimate of drug-likeness (QED) is 0.813. The van der Waals surface area contributed by atoms with Crippen LogP contribution in [0, 0.1) is 13.8 Å². The normalized spacial score (nSPS) is 14.0. The molecule has 1 aromatic carbocycles. The first-order chi connectivity index (χ1) is 11.5. The summed E-state index contributed by atoms with van der Waals surface area (Å²) in [7, 11) is 4.13. The highest BCUT2D eigenvalue weighted by atomic mass is 15.2. The summed E-state index contributed by atoms with van der Waals surface area (Å²) in [6.45, 7) is 6.02. The highest BCUT2D eigenvalue weighted by molar-refractivity contribution is 5.60. The number of benzene rings is 1. The number of hydrogen-bond donors (Lipinski definition) is 2. The van der Waals surface area contributed by atoms with Crippen molar-refractivity contribution in [1.82, 2.24) is 14.9 Å². The molecule has 1 aliphatic rings. The van der Waals surface area contributed by atoms with Crippen LogP contribution in [0.5, 0.6) is 0 Å². The molecule has 5 nitrogen and oxygen atoms in total. The molecule has 3 rings (SSSR count). The minimum absolute atomic E-state index is 0.599. The topological polar surface area (TPSA) is 53.1 Å². The summed E-state index contributed by atoms with van der Waals surface area (Å²) in [6, 6.07) is 8.55. The first-order valence-corrected chi connectivity index (χ1v) is 8.62. The summed E-state index contributed by atoms with van der Waals surface area (Å²) < 4.78 is 0. The van der Waals surface area contributed by atoms with Crippen LogP contribution in [0.15, 0.2) is 24.3 Å². The molecule has 1 aliphatic carbocycles. The van der Waals surface area contributed by atoms with E-state index in [2.05, 4.69) is 77.7 Å². The van der Waals surface area contributed by atoms with Crippen molar-refractivity contribution in [3.8, 4) is 0 Å². The highest BCUT2D eigenvalue weighted by Gasteiger charge is 2.26. The maximum absolute atomic E-state index is 4.69. The average molecular weight is 325 g/mol. The third kappa shape index (κ3) is 4.68. The Balaban J connectivity index is 1.79. The molecule has 1 saturated carbocycles. The molecule has 1 fully saturated rings. The van der Waals surface area contributed by atoms with E-state index in [0.717, 1.165) is 30.3 Å². The van der Waals surface area contributed by atoms with E-state index in [0.29, 0.717) is 11.9 Å². The van der Waals surface area contributed by atoms with Crippen LogP contribution in [-0.4, -0.2) is 42.1 Å². The van der Waals surface area contributed by atoms with Crippen LogP contribution in [0.4, 0.5) is 17.5 Å². The zero-order chi connectivity index (χ0) is 17.1. The van der Waals surface area contributed by atoms with E-state index in [-0.39, 0.29) is 0 Å². The van der Waals surface area contributed by atoms with Crippen molar-refractivity contribution in [2.45, 2.75) is 32.6 Å². The number of nitrogens with one attached hydrogen (secondary N) is 2. The number of nitrogens with zero attached hydrogens (tertiary/aromatic N) is 3. The Bertz CT molecular complexity index is 687. The zero-order valence-corrected chi connectivity index (χ0v) is 15.1. The maximum atomic E-state index is 4.69. The molecule has 128 valence electrons. The van der Waals surface area contributed by atoms with Crippen molar-refractivity contribution in [1.29, 1.82) is 0 Å². The minimum Gasteiger partial charge on any atom is -0.353 e. The molecule has 24 heavy (non-hydrogen) atoms. The van der Waals surface area contributed by atoms with Crippen molar-refractivity contribution < 1.29 is 0 Å². The number of anilines is 3. The number of aryl methyl sites for hydroxylation is 2. The fourth-order valence-corrected chi connectivity index (χ4v) is 2.78. The van der Waals surface area contributed by atoms with Crippen molar-refractivity contribution in [3.63, 3.8) is 0 Å². The molecule has 0 saturated heterocycles. The first-order valence-electron chi connectivity index (χ1n) is 8.62. The zero-order valence-electron chi connectivity index (χ0n) is 15.1. The Morgan fingerprint density at radius 2 is 1.75 bits per heavy atom. The Hall–Kier alpha value is -2.14. The predicted octanol–water partition coefficient (Wildman–Crippen LogP) is 3.69. The molecular weight excluding hydrogens is 298 g/mol. The molecule has 0 radical (unpaired) electrons. The van der Waals surface area contributed by atoms with E-state index >= 15 is 0 Å². The first kappa shape index (κ1) is 16.7. The van der Waals surface area contributed by atoms with Crippen LogP contribution in [0.2, 0.25) is 0 Å². The average Bonchev–Trinajstić information content (AvgIpc) is 3.30. The highest BCUT2D eigenvalue weighted by Crippen LogP contribution is 2.40. The second-order valence-corrected chi connectivity index (χ2v) is 7.01. The van der Waals surface area contributed by atoms with Gasteiger partial charge in [-0.05, 0) is 64.0 Å². The van der Waals surface area contributed by atoms with Gasteiger partial charge in [-0.25, -0.2) is 4.98 Å². The summed E-state index contributed by atoms with van der Waals surface area (Å²) in [4.78, 5) is 11.5. The van der Waals surface area contributed by atoms with Gasteiger partial charge in [-0.15, -0.1) is 0 Å². The van der Waals surface area contributed by atoms with Crippen LogP contribution in [0.25, 0.3) is 0 Å². The standard InChI is InChI=1S/C19H27N5/c1-13-9-14(2)11-16(10-13)21-18-12-17(15-5-6-15)22-19(23-18)20-7-8-24(3)4/h9-12,15H,5-8H2,1-4H3,(H2,20,21,22,23). The van der Waals surface area contributed by atoms with Gasteiger partial charge in [-0.1, -0.05) is 6.07 Å². The van der Waals surface area contributed by atoms with E-state index < -0.39 is 0 Å². The van der Waals surface area contributed by atoms with Gasteiger partial charge in [0.25, 0.3) is 0 Å². The SMILES string of the molecule is Cc1cc(C)cc(Nc2cc(C3CC3)nc(NCCN(C)C)n2)c1. The number of likely N-dealkylation sites (N-methyl/N-ethyl adjacent to an activating group) is 1. The summed E-state index contributed by atoms with van der Waals surface area (Å²) in [6.07, 6.45) is 2.47. The van der Waals surface area contributed by atoms with Gasteiger partial charge in [-0.2, -0.15) is 4.98 Å². The van der Waals surface area contributed by atoms with E-state index in [4.69, 9.17) is 0 Å². The minimum atomic E-state index is 0.599. The molecule has 0 spiro atoms. The van der Waals surface area contributed by atoms with Gasteiger partial charge < -0.3 is 15.5 Å². The van der Waals surface area contributed by atoms with Gasteiger partial charge in [0.05, 0.1) is 5.69 Å². The molecule has 0 amide bonds. The van der Waals surface area contributed by atoms with Crippen LogP contribution in [-0.2, 0) is 0 Å². The fourth-order valence-electron chi connectivity index (χ4n) is 2.78. The van der Waals surface area contributed by atoms with Gasteiger partial charge in [0.2, 0.25) is 5.95 Å². The second kappa shape index (κ2) is 7.18. The molecule has 0 bridgehead atoms. The lowest BCUT2D eigenvalue weighted by molar-refractivity contribution is 0.425. The third-order valence-electron chi connectivity index (χ3n) is 4.08.